The van der Waals surface area contributed by atoms with Crippen molar-refractivity contribution in [1.82, 2.24) is 0 Å². The van der Waals surface area contributed by atoms with Crippen LogP contribution in [0, 0.1) is 5.92 Å². The molecule has 1 heterocycles. The number of benzene rings is 1. The second kappa shape index (κ2) is 13.5. The molecular formula is C21H35BF2O3. The minimum atomic E-state index is -0.639. The second-order valence-electron chi connectivity index (χ2n) is 6.89. The van der Waals surface area contributed by atoms with E-state index in [1.165, 1.54) is 26.2 Å². The van der Waals surface area contributed by atoms with E-state index >= 15 is 0 Å². The van der Waals surface area contributed by atoms with Gasteiger partial charge >= 0.3 is 0 Å². The number of ether oxygens (including phenoxy) is 1. The van der Waals surface area contributed by atoms with Gasteiger partial charge in [0.2, 0.25) is 0 Å². The molecule has 3 nitrogen and oxygen atoms in total. The number of carbonyl (C=O) groups excluding carboxylic acids is 2. The van der Waals surface area contributed by atoms with Gasteiger partial charge in [0.15, 0.2) is 5.78 Å². The van der Waals surface area contributed by atoms with E-state index in [0.29, 0.717) is 11.3 Å². The van der Waals surface area contributed by atoms with E-state index in [1.54, 1.807) is 0 Å². The molecule has 2 atom stereocenters. The summed E-state index contributed by atoms with van der Waals surface area (Å²) >= 11 is 0. The molecule has 0 bridgehead atoms. The standard InChI is InChI=1S/C21H30O3.BH3.2FH/c1-4-6-8-9-10-16-12-13-18-17(14-16)21(23)20(15(3)22)19(24-18)11-7-5-2;;;/h12-14,19-20H,4-11H2,1-3H3;1H3;2*1H. The van der Waals surface area contributed by atoms with E-state index in [-0.39, 0.29) is 35.5 Å². The maximum absolute atomic E-state index is 12.9. The molecule has 0 spiro atoms. The Morgan fingerprint density at radius 2 is 1.70 bits per heavy atom. The minimum absolute atomic E-state index is 0. The smallest absolute Gasteiger partial charge is 0.180 e. The molecule has 0 amide bonds. The summed E-state index contributed by atoms with van der Waals surface area (Å²) in [4.78, 5) is 24.9. The first-order valence-electron chi connectivity index (χ1n) is 9.42. The summed E-state index contributed by atoms with van der Waals surface area (Å²) in [6, 6.07) is 5.91. The van der Waals surface area contributed by atoms with Crippen LogP contribution in [0.15, 0.2) is 18.2 Å². The fraction of sp³-hybridized carbons (Fsp3) is 0.619. The van der Waals surface area contributed by atoms with E-state index < -0.39 is 5.92 Å². The molecule has 6 heteroatoms. The maximum atomic E-state index is 12.9. The Morgan fingerprint density at radius 3 is 2.30 bits per heavy atom. The highest BCUT2D eigenvalue weighted by Crippen LogP contribution is 2.34. The zero-order valence-corrected chi connectivity index (χ0v) is 16.1. The van der Waals surface area contributed by atoms with Gasteiger partial charge in [-0.15, -0.1) is 0 Å². The highest BCUT2D eigenvalue weighted by atomic mass is 19.0. The highest BCUT2D eigenvalue weighted by molar-refractivity contribution is 6.12. The number of unbranched alkanes of at least 4 members (excludes halogenated alkanes) is 4. The number of ketones is 2. The van der Waals surface area contributed by atoms with Crippen LogP contribution >= 0.6 is 0 Å². The normalized spacial score (nSPS) is 17.5. The minimum Gasteiger partial charge on any atom is -0.488 e. The Morgan fingerprint density at radius 1 is 1.04 bits per heavy atom. The maximum Gasteiger partial charge on any atom is 0.180 e. The summed E-state index contributed by atoms with van der Waals surface area (Å²) in [6.07, 6.45) is 8.24. The lowest BCUT2D eigenvalue weighted by atomic mass is 9.83. The molecule has 1 aromatic carbocycles. The van der Waals surface area contributed by atoms with E-state index in [1.807, 2.05) is 12.1 Å². The van der Waals surface area contributed by atoms with Gasteiger partial charge in [0, 0.05) is 0 Å². The first-order valence-corrected chi connectivity index (χ1v) is 9.42. The molecule has 2 unspecified atom stereocenters. The van der Waals surface area contributed by atoms with Crippen LogP contribution in [-0.2, 0) is 11.2 Å². The van der Waals surface area contributed by atoms with Crippen LogP contribution in [0.3, 0.4) is 0 Å². The van der Waals surface area contributed by atoms with Crippen molar-refractivity contribution in [3.05, 3.63) is 29.3 Å². The van der Waals surface area contributed by atoms with Crippen molar-refractivity contribution >= 4 is 20.0 Å². The molecule has 0 aliphatic carbocycles. The second-order valence-corrected chi connectivity index (χ2v) is 6.89. The van der Waals surface area contributed by atoms with Gasteiger partial charge in [0.25, 0.3) is 0 Å². The van der Waals surface area contributed by atoms with Crippen molar-refractivity contribution in [2.24, 2.45) is 5.92 Å². The molecule has 0 N–H and O–H groups in total. The van der Waals surface area contributed by atoms with Crippen LogP contribution in [0.2, 0.25) is 0 Å². The van der Waals surface area contributed by atoms with Gasteiger partial charge in [-0.3, -0.25) is 19.0 Å². The van der Waals surface area contributed by atoms with E-state index in [4.69, 9.17) is 4.74 Å². The highest BCUT2D eigenvalue weighted by Gasteiger charge is 2.39. The van der Waals surface area contributed by atoms with Crippen molar-refractivity contribution in [3.8, 4) is 5.75 Å². The topological polar surface area (TPSA) is 43.4 Å². The van der Waals surface area contributed by atoms with Crippen molar-refractivity contribution in [2.45, 2.75) is 78.2 Å². The molecule has 0 saturated carbocycles. The number of rotatable bonds is 9. The van der Waals surface area contributed by atoms with Gasteiger partial charge in [-0.1, -0.05) is 52.0 Å². The number of hydrogen-bond acceptors (Lipinski definition) is 3. The first kappa shape index (κ1) is 27.5. The molecule has 0 fully saturated rings. The molecule has 27 heavy (non-hydrogen) atoms. The summed E-state index contributed by atoms with van der Waals surface area (Å²) in [5.41, 5.74) is 1.76. The molecule has 0 aromatic heterocycles. The van der Waals surface area contributed by atoms with Gasteiger partial charge in [-0.25, -0.2) is 0 Å². The third kappa shape index (κ3) is 7.08. The monoisotopic (exact) mass is 384 g/mol. The largest absolute Gasteiger partial charge is 0.488 e. The van der Waals surface area contributed by atoms with Crippen molar-refractivity contribution in [3.63, 3.8) is 0 Å². The van der Waals surface area contributed by atoms with E-state index in [2.05, 4.69) is 19.9 Å². The summed E-state index contributed by atoms with van der Waals surface area (Å²) < 4.78 is 6.03. The fourth-order valence-electron chi connectivity index (χ4n) is 3.43. The summed E-state index contributed by atoms with van der Waals surface area (Å²) in [5.74, 6) is -0.129. The Labute approximate surface area is 163 Å². The zero-order valence-electron chi connectivity index (χ0n) is 16.1. The van der Waals surface area contributed by atoms with Gasteiger partial charge in [0.1, 0.15) is 23.6 Å². The van der Waals surface area contributed by atoms with Gasteiger partial charge in [-0.2, -0.15) is 0 Å². The number of halogens is 2. The third-order valence-corrected chi connectivity index (χ3v) is 4.84. The summed E-state index contributed by atoms with van der Waals surface area (Å²) in [7, 11) is 0. The molecule has 1 aliphatic heterocycles. The third-order valence-electron chi connectivity index (χ3n) is 4.84. The molecular weight excluding hydrogens is 349 g/mol. The number of fused-ring (bicyclic) bond motifs is 1. The van der Waals surface area contributed by atoms with Gasteiger partial charge < -0.3 is 4.74 Å². The Hall–Kier alpha value is -1.72. The molecule has 0 saturated heterocycles. The van der Waals surface area contributed by atoms with Crippen LogP contribution in [0.1, 0.15) is 81.6 Å². The zero-order chi connectivity index (χ0) is 17.5. The van der Waals surface area contributed by atoms with Crippen LogP contribution in [0.25, 0.3) is 0 Å². The number of Topliss-reactive ketones (excluding diaryl/α,β-unsaturated/α-hetero) is 2. The Bertz CT molecular complexity index is 593. The number of aryl methyl sites for hydroxylation is 1. The Balaban J connectivity index is 0. The SMILES string of the molecule is B.CCCCCCc1ccc2c(c1)C(=O)C(C(C)=O)C(CCCC)O2.F.F. The van der Waals surface area contributed by atoms with Crippen LogP contribution < -0.4 is 4.74 Å². The van der Waals surface area contributed by atoms with Crippen molar-refractivity contribution in [1.29, 1.82) is 0 Å². The predicted octanol–water partition coefficient (Wildman–Crippen LogP) is 4.27. The van der Waals surface area contributed by atoms with E-state index in [0.717, 1.165) is 37.7 Å². The molecule has 1 aromatic rings. The molecule has 154 valence electrons. The lowest BCUT2D eigenvalue weighted by Gasteiger charge is -2.31. The first-order chi connectivity index (χ1) is 11.6. The fourth-order valence-corrected chi connectivity index (χ4v) is 3.43. The summed E-state index contributed by atoms with van der Waals surface area (Å²) in [6.45, 7) is 5.81. The summed E-state index contributed by atoms with van der Waals surface area (Å²) in [5, 5.41) is 0. The van der Waals surface area contributed by atoms with Gasteiger partial charge in [0.05, 0.1) is 14.0 Å². The average Bonchev–Trinajstić information content (AvgIpc) is 2.57. The average molecular weight is 384 g/mol. The molecule has 1 aliphatic rings. The van der Waals surface area contributed by atoms with Crippen LogP contribution in [0.5, 0.6) is 5.75 Å². The lowest BCUT2D eigenvalue weighted by molar-refractivity contribution is -0.122. The molecule has 0 radical (unpaired) electrons. The molecule has 2 rings (SSSR count). The quantitative estimate of drug-likeness (QED) is 0.363. The lowest BCUT2D eigenvalue weighted by Crippen LogP contribution is -2.41. The Kier molecular flexibility index (Phi) is 13.7. The van der Waals surface area contributed by atoms with Crippen LogP contribution in [-0.4, -0.2) is 26.1 Å². The predicted molar refractivity (Wildman–Crippen MR) is 112 cm³/mol. The van der Waals surface area contributed by atoms with Crippen molar-refractivity contribution < 1.29 is 23.7 Å². The van der Waals surface area contributed by atoms with Crippen LogP contribution in [0.4, 0.5) is 9.41 Å². The van der Waals surface area contributed by atoms with E-state index in [9.17, 15) is 9.59 Å². The van der Waals surface area contributed by atoms with Gasteiger partial charge in [-0.05, 0) is 43.9 Å². The van der Waals surface area contributed by atoms with Crippen molar-refractivity contribution in [2.75, 3.05) is 0 Å². The number of carbonyl (C=O) groups is 2. The number of hydrogen-bond donors (Lipinski definition) is 0.